The van der Waals surface area contributed by atoms with Gasteiger partial charge in [-0.15, -0.1) is 0 Å². The van der Waals surface area contributed by atoms with E-state index in [4.69, 9.17) is 28.9 Å². The minimum atomic E-state index is -0.191. The van der Waals surface area contributed by atoms with Gasteiger partial charge in [0.05, 0.1) is 16.1 Å². The highest BCUT2D eigenvalue weighted by molar-refractivity contribution is 6.37. The van der Waals surface area contributed by atoms with Crippen LogP contribution in [0.4, 0.5) is 11.6 Å². The summed E-state index contributed by atoms with van der Waals surface area (Å²) >= 11 is 12.0. The molecule has 0 aromatic carbocycles. The number of aliphatic hydroxyl groups is 1. The molecule has 3 atom stereocenters. The number of pyridine rings is 1. The molecule has 1 aromatic heterocycles. The summed E-state index contributed by atoms with van der Waals surface area (Å²) in [5.41, 5.74) is 5.72. The molecule has 98 valence electrons. The second-order valence-electron chi connectivity index (χ2n) is 5.13. The van der Waals surface area contributed by atoms with Crippen molar-refractivity contribution in [2.24, 2.45) is 11.8 Å². The molecule has 3 N–H and O–H groups in total. The van der Waals surface area contributed by atoms with Gasteiger partial charge < -0.3 is 15.7 Å². The highest BCUT2D eigenvalue weighted by atomic mass is 35.5. The maximum Gasteiger partial charge on any atom is 0.149 e. The average Bonchev–Trinajstić information content (AvgIpc) is 2.87. The molecular weight excluding hydrogens is 273 g/mol. The van der Waals surface area contributed by atoms with E-state index in [0.29, 0.717) is 33.5 Å². The van der Waals surface area contributed by atoms with Crippen molar-refractivity contribution in [3.05, 3.63) is 16.1 Å². The molecule has 0 bridgehead atoms. The van der Waals surface area contributed by atoms with Crippen LogP contribution in [0.1, 0.15) is 12.8 Å². The first-order valence-corrected chi connectivity index (χ1v) is 6.86. The fraction of sp³-hybridized carbons (Fsp3) is 0.583. The summed E-state index contributed by atoms with van der Waals surface area (Å²) in [6.07, 6.45) is 1.79. The minimum absolute atomic E-state index is 0.191. The third-order valence-electron chi connectivity index (χ3n) is 4.06. The summed E-state index contributed by atoms with van der Waals surface area (Å²) in [5.74, 6) is 1.85. The standard InChI is InChI=1S/C12H15Cl2N3O/c13-8-3-9(14)12(16-11(8)15)17-4-6-1-2-10(18)7(6)5-17/h3,6-7,10,18H,1-2,4-5H2,(H2,15,16). The zero-order valence-corrected chi connectivity index (χ0v) is 11.3. The first-order valence-electron chi connectivity index (χ1n) is 6.11. The van der Waals surface area contributed by atoms with E-state index in [2.05, 4.69) is 9.88 Å². The maximum atomic E-state index is 9.91. The molecule has 0 radical (unpaired) electrons. The van der Waals surface area contributed by atoms with Crippen molar-refractivity contribution in [1.82, 2.24) is 4.98 Å². The topological polar surface area (TPSA) is 62.4 Å². The van der Waals surface area contributed by atoms with Crippen molar-refractivity contribution in [2.75, 3.05) is 23.7 Å². The SMILES string of the molecule is Nc1nc(N2CC3CCC(O)C3C2)c(Cl)cc1Cl. The fourth-order valence-electron chi connectivity index (χ4n) is 3.10. The number of hydrogen-bond acceptors (Lipinski definition) is 4. The Hall–Kier alpha value is -0.710. The molecule has 3 rings (SSSR count). The molecule has 2 fully saturated rings. The van der Waals surface area contributed by atoms with E-state index >= 15 is 0 Å². The normalized spacial score (nSPS) is 30.8. The number of hydrogen-bond donors (Lipinski definition) is 2. The van der Waals surface area contributed by atoms with E-state index in [-0.39, 0.29) is 6.10 Å². The quantitative estimate of drug-likeness (QED) is 0.831. The number of aromatic nitrogens is 1. The number of halogens is 2. The smallest absolute Gasteiger partial charge is 0.149 e. The lowest BCUT2D eigenvalue weighted by Crippen LogP contribution is -2.25. The molecule has 18 heavy (non-hydrogen) atoms. The number of nitrogen functional groups attached to an aromatic ring is 1. The van der Waals surface area contributed by atoms with Crippen molar-refractivity contribution < 1.29 is 5.11 Å². The van der Waals surface area contributed by atoms with E-state index in [9.17, 15) is 5.11 Å². The molecule has 1 aliphatic carbocycles. The molecule has 1 aromatic rings. The Morgan fingerprint density at radius 1 is 1.28 bits per heavy atom. The van der Waals surface area contributed by atoms with Crippen LogP contribution < -0.4 is 10.6 Å². The van der Waals surface area contributed by atoms with Crippen molar-refractivity contribution in [1.29, 1.82) is 0 Å². The molecule has 0 spiro atoms. The Morgan fingerprint density at radius 2 is 2.06 bits per heavy atom. The average molecular weight is 288 g/mol. The largest absolute Gasteiger partial charge is 0.393 e. The van der Waals surface area contributed by atoms with Gasteiger partial charge >= 0.3 is 0 Å². The molecule has 2 aliphatic rings. The van der Waals surface area contributed by atoms with Crippen LogP contribution in [0.5, 0.6) is 0 Å². The van der Waals surface area contributed by atoms with E-state index in [1.165, 1.54) is 0 Å². The summed E-state index contributed by atoms with van der Waals surface area (Å²) in [6.45, 7) is 1.68. The van der Waals surface area contributed by atoms with Crippen LogP contribution in [0.3, 0.4) is 0 Å². The van der Waals surface area contributed by atoms with Gasteiger partial charge in [0.1, 0.15) is 11.6 Å². The molecule has 0 amide bonds. The number of rotatable bonds is 1. The lowest BCUT2D eigenvalue weighted by molar-refractivity contribution is 0.133. The predicted molar refractivity (Wildman–Crippen MR) is 73.1 cm³/mol. The highest BCUT2D eigenvalue weighted by Gasteiger charge is 2.42. The lowest BCUT2D eigenvalue weighted by Gasteiger charge is -2.21. The van der Waals surface area contributed by atoms with Crippen LogP contribution >= 0.6 is 23.2 Å². The van der Waals surface area contributed by atoms with Crippen molar-refractivity contribution in [3.8, 4) is 0 Å². The van der Waals surface area contributed by atoms with Crippen LogP contribution in [0, 0.1) is 11.8 Å². The maximum absolute atomic E-state index is 9.91. The summed E-state index contributed by atoms with van der Waals surface area (Å²) in [5, 5.41) is 10.8. The van der Waals surface area contributed by atoms with Gasteiger partial charge in [0.25, 0.3) is 0 Å². The summed E-state index contributed by atoms with van der Waals surface area (Å²) in [7, 11) is 0. The van der Waals surface area contributed by atoms with Crippen LogP contribution in [0.2, 0.25) is 10.0 Å². The summed E-state index contributed by atoms with van der Waals surface area (Å²) in [6, 6.07) is 1.63. The number of fused-ring (bicyclic) bond motifs is 1. The molecule has 3 unspecified atom stereocenters. The van der Waals surface area contributed by atoms with Crippen LogP contribution in [0.15, 0.2) is 6.07 Å². The second-order valence-corrected chi connectivity index (χ2v) is 5.95. The molecule has 1 aliphatic heterocycles. The molecular formula is C12H15Cl2N3O. The Morgan fingerprint density at radius 3 is 2.78 bits per heavy atom. The van der Waals surface area contributed by atoms with E-state index in [1.54, 1.807) is 6.07 Å². The summed E-state index contributed by atoms with van der Waals surface area (Å²) in [4.78, 5) is 6.37. The van der Waals surface area contributed by atoms with Gasteiger partial charge in [0.15, 0.2) is 0 Å². The van der Waals surface area contributed by atoms with Crippen molar-refractivity contribution >= 4 is 34.8 Å². The van der Waals surface area contributed by atoms with Gasteiger partial charge in [-0.05, 0) is 24.8 Å². The Balaban J connectivity index is 1.87. The Bertz CT molecular complexity index is 483. The van der Waals surface area contributed by atoms with Crippen molar-refractivity contribution in [3.63, 3.8) is 0 Å². The van der Waals surface area contributed by atoms with Crippen LogP contribution in [0.25, 0.3) is 0 Å². The monoisotopic (exact) mass is 287 g/mol. The number of anilines is 2. The van der Waals surface area contributed by atoms with E-state index in [0.717, 1.165) is 25.9 Å². The zero-order valence-electron chi connectivity index (χ0n) is 9.81. The minimum Gasteiger partial charge on any atom is -0.393 e. The van der Waals surface area contributed by atoms with Gasteiger partial charge in [-0.2, -0.15) is 0 Å². The third kappa shape index (κ3) is 1.92. The predicted octanol–water partition coefficient (Wildman–Crippen LogP) is 2.18. The van der Waals surface area contributed by atoms with Gasteiger partial charge in [-0.1, -0.05) is 23.2 Å². The van der Waals surface area contributed by atoms with Gasteiger partial charge in [-0.25, -0.2) is 4.98 Å². The first-order chi connectivity index (χ1) is 8.56. The molecule has 4 nitrogen and oxygen atoms in total. The van der Waals surface area contributed by atoms with Gasteiger partial charge in [-0.3, -0.25) is 0 Å². The number of aliphatic hydroxyl groups excluding tert-OH is 1. The third-order valence-corrected chi connectivity index (χ3v) is 4.64. The van der Waals surface area contributed by atoms with Crippen molar-refractivity contribution in [2.45, 2.75) is 18.9 Å². The fourth-order valence-corrected chi connectivity index (χ4v) is 3.58. The first kappa shape index (κ1) is 12.3. The molecule has 2 heterocycles. The molecule has 1 saturated heterocycles. The number of nitrogens with two attached hydrogens (primary N) is 1. The van der Waals surface area contributed by atoms with E-state index in [1.807, 2.05) is 0 Å². The van der Waals surface area contributed by atoms with Gasteiger partial charge in [0, 0.05) is 19.0 Å². The Kier molecular flexibility index (Phi) is 3.04. The van der Waals surface area contributed by atoms with Gasteiger partial charge in [0.2, 0.25) is 0 Å². The summed E-state index contributed by atoms with van der Waals surface area (Å²) < 4.78 is 0. The number of nitrogens with zero attached hydrogens (tertiary/aromatic N) is 2. The highest BCUT2D eigenvalue weighted by Crippen LogP contribution is 2.41. The molecule has 6 heteroatoms. The lowest BCUT2D eigenvalue weighted by atomic mass is 10.00. The van der Waals surface area contributed by atoms with Crippen LogP contribution in [-0.2, 0) is 0 Å². The van der Waals surface area contributed by atoms with Crippen LogP contribution in [-0.4, -0.2) is 29.3 Å². The van der Waals surface area contributed by atoms with E-state index < -0.39 is 0 Å². The Labute approximate surface area is 116 Å². The zero-order chi connectivity index (χ0) is 12.9. The second kappa shape index (κ2) is 4.44. The molecule has 1 saturated carbocycles.